The number of aryl methyl sites for hydroxylation is 1. The van der Waals surface area contributed by atoms with Gasteiger partial charge in [-0.1, -0.05) is 0 Å². The number of aromatic nitrogens is 4. The Balaban J connectivity index is 1.38. The van der Waals surface area contributed by atoms with Crippen LogP contribution in [0.1, 0.15) is 18.1 Å². The molecule has 0 amide bonds. The summed E-state index contributed by atoms with van der Waals surface area (Å²) in [7, 11) is -1.93. The smallest absolute Gasteiger partial charge is 0.233 e. The van der Waals surface area contributed by atoms with Gasteiger partial charge >= 0.3 is 0 Å². The Kier molecular flexibility index (Phi) is 6.74. The highest BCUT2D eigenvalue weighted by molar-refractivity contribution is 7.92. The predicted molar refractivity (Wildman–Crippen MR) is 148 cm³/mol. The zero-order valence-corrected chi connectivity index (χ0v) is 22.3. The molecule has 4 aromatic rings. The van der Waals surface area contributed by atoms with Crippen LogP contribution in [0.3, 0.4) is 0 Å². The zero-order chi connectivity index (χ0) is 26.2. The summed E-state index contributed by atoms with van der Waals surface area (Å²) in [5.74, 6) is 0.896. The average molecular weight is 521 g/mol. The summed E-state index contributed by atoms with van der Waals surface area (Å²) in [4.78, 5) is 16.0. The van der Waals surface area contributed by atoms with Crippen LogP contribution in [0.25, 0.3) is 11.0 Å². The van der Waals surface area contributed by atoms with Crippen LogP contribution in [0, 0.1) is 6.92 Å². The molecule has 1 fully saturated rings. The average Bonchev–Trinajstić information content (AvgIpc) is 3.25. The molecule has 0 radical (unpaired) electrons. The lowest BCUT2D eigenvalue weighted by Crippen LogP contribution is -2.49. The number of benzene rings is 1. The molecule has 10 nitrogen and oxygen atoms in total. The SMILES string of the molecule is Cc1cnc(N(C)S(C)(=O)=O)c(Cn2ccc3cnc(Nc4ccc(N5CCN[C@H](C)C5)cc4)nc32)c1. The molecule has 5 rings (SSSR count). The molecule has 194 valence electrons. The van der Waals surface area contributed by atoms with Crippen molar-refractivity contribution in [3.63, 3.8) is 0 Å². The Morgan fingerprint density at radius 3 is 2.68 bits per heavy atom. The van der Waals surface area contributed by atoms with Crippen LogP contribution in [0.15, 0.2) is 55.0 Å². The van der Waals surface area contributed by atoms with Crippen LogP contribution < -0.4 is 19.8 Å². The normalized spacial score (nSPS) is 16.2. The number of sulfonamides is 1. The molecule has 1 aromatic carbocycles. The Morgan fingerprint density at radius 1 is 1.16 bits per heavy atom. The standard InChI is InChI=1S/C26H32N8O2S/c1-18-13-21(24(28-14-18)32(3)37(4,35)36)17-34-11-9-20-15-29-26(31-25(20)34)30-22-5-7-23(8-6-22)33-12-10-27-19(2)16-33/h5-9,11,13-15,19,27H,10,12,16-17H2,1-4H3,(H,29,30,31)/t19-/m1/s1. The maximum atomic E-state index is 12.2. The molecule has 0 spiro atoms. The molecule has 0 unspecified atom stereocenters. The van der Waals surface area contributed by atoms with Gasteiger partial charge in [0.1, 0.15) is 11.5 Å². The first-order valence-corrected chi connectivity index (χ1v) is 14.1. The van der Waals surface area contributed by atoms with Crippen molar-refractivity contribution in [1.82, 2.24) is 24.8 Å². The van der Waals surface area contributed by atoms with E-state index in [2.05, 4.69) is 44.6 Å². The van der Waals surface area contributed by atoms with E-state index in [1.54, 1.807) is 12.4 Å². The van der Waals surface area contributed by atoms with Gasteiger partial charge < -0.3 is 20.1 Å². The maximum absolute atomic E-state index is 12.2. The van der Waals surface area contributed by atoms with Crippen LogP contribution in [0.2, 0.25) is 0 Å². The number of rotatable bonds is 7. The quantitative estimate of drug-likeness (QED) is 0.383. The highest BCUT2D eigenvalue weighted by atomic mass is 32.2. The van der Waals surface area contributed by atoms with Crippen molar-refractivity contribution in [1.29, 1.82) is 0 Å². The summed E-state index contributed by atoms with van der Waals surface area (Å²) in [6.07, 6.45) is 6.56. The molecule has 1 aliphatic rings. The highest BCUT2D eigenvalue weighted by Crippen LogP contribution is 2.25. The summed E-state index contributed by atoms with van der Waals surface area (Å²) in [5.41, 5.74) is 4.60. The van der Waals surface area contributed by atoms with Crippen molar-refractivity contribution in [2.75, 3.05) is 47.5 Å². The summed E-state index contributed by atoms with van der Waals surface area (Å²) < 4.78 is 27.5. The lowest BCUT2D eigenvalue weighted by molar-refractivity contribution is 0.485. The van der Waals surface area contributed by atoms with Gasteiger partial charge in [-0.3, -0.25) is 4.31 Å². The number of hydrogen-bond donors (Lipinski definition) is 2. The number of pyridine rings is 1. The second-order valence-electron chi connectivity index (χ2n) is 9.62. The minimum atomic E-state index is -3.45. The molecule has 3 aromatic heterocycles. The first kappa shape index (κ1) is 25.0. The Labute approximate surface area is 217 Å². The number of fused-ring (bicyclic) bond motifs is 1. The zero-order valence-electron chi connectivity index (χ0n) is 21.5. The molecule has 0 aliphatic carbocycles. The fourth-order valence-electron chi connectivity index (χ4n) is 4.57. The van der Waals surface area contributed by atoms with E-state index >= 15 is 0 Å². The predicted octanol–water partition coefficient (Wildman–Crippen LogP) is 3.12. The van der Waals surface area contributed by atoms with E-state index in [4.69, 9.17) is 4.98 Å². The monoisotopic (exact) mass is 520 g/mol. The van der Waals surface area contributed by atoms with E-state index in [-0.39, 0.29) is 0 Å². The van der Waals surface area contributed by atoms with Gasteiger partial charge in [0.25, 0.3) is 0 Å². The topological polar surface area (TPSA) is 108 Å². The van der Waals surface area contributed by atoms with E-state index in [1.165, 1.54) is 23.3 Å². The van der Waals surface area contributed by atoms with Crippen molar-refractivity contribution in [3.8, 4) is 0 Å². The molecule has 1 aliphatic heterocycles. The summed E-state index contributed by atoms with van der Waals surface area (Å²) in [5, 5.41) is 7.67. The molecule has 1 saturated heterocycles. The summed E-state index contributed by atoms with van der Waals surface area (Å²) in [6, 6.07) is 12.7. The van der Waals surface area contributed by atoms with Crippen LogP contribution in [-0.4, -0.2) is 66.9 Å². The van der Waals surface area contributed by atoms with Gasteiger partial charge in [-0.2, -0.15) is 4.98 Å². The maximum Gasteiger partial charge on any atom is 0.233 e. The molecule has 0 saturated carbocycles. The third-order valence-electron chi connectivity index (χ3n) is 6.58. The van der Waals surface area contributed by atoms with E-state index in [0.717, 1.165) is 47.5 Å². The molecule has 2 N–H and O–H groups in total. The molecule has 1 atom stereocenters. The van der Waals surface area contributed by atoms with Gasteiger partial charge in [-0.25, -0.2) is 18.4 Å². The van der Waals surface area contributed by atoms with Gasteiger partial charge in [0.15, 0.2) is 0 Å². The molecule has 11 heteroatoms. The van der Waals surface area contributed by atoms with Crippen molar-refractivity contribution in [2.24, 2.45) is 0 Å². The van der Waals surface area contributed by atoms with Gasteiger partial charge in [-0.05, 0) is 55.8 Å². The van der Waals surface area contributed by atoms with Crippen molar-refractivity contribution in [2.45, 2.75) is 26.4 Å². The fraction of sp³-hybridized carbons (Fsp3) is 0.346. The minimum absolute atomic E-state index is 0.404. The summed E-state index contributed by atoms with van der Waals surface area (Å²) >= 11 is 0. The lowest BCUT2D eigenvalue weighted by atomic mass is 10.2. The first-order valence-electron chi connectivity index (χ1n) is 12.2. The molecular formula is C26H32N8O2S. The highest BCUT2D eigenvalue weighted by Gasteiger charge is 2.19. The van der Waals surface area contributed by atoms with Gasteiger partial charge in [0, 0.05) is 73.6 Å². The van der Waals surface area contributed by atoms with Crippen molar-refractivity contribution in [3.05, 3.63) is 66.1 Å². The molecular weight excluding hydrogens is 488 g/mol. The van der Waals surface area contributed by atoms with Crippen LogP contribution >= 0.6 is 0 Å². The van der Waals surface area contributed by atoms with Crippen LogP contribution in [-0.2, 0) is 16.6 Å². The van der Waals surface area contributed by atoms with E-state index in [9.17, 15) is 8.42 Å². The van der Waals surface area contributed by atoms with Gasteiger partial charge in [0.2, 0.25) is 16.0 Å². The Morgan fingerprint density at radius 2 is 1.95 bits per heavy atom. The largest absolute Gasteiger partial charge is 0.369 e. The third kappa shape index (κ3) is 5.52. The number of nitrogens with zero attached hydrogens (tertiary/aromatic N) is 6. The van der Waals surface area contributed by atoms with Crippen LogP contribution in [0.4, 0.5) is 23.1 Å². The molecule has 37 heavy (non-hydrogen) atoms. The van der Waals surface area contributed by atoms with Gasteiger partial charge in [0.05, 0.1) is 12.8 Å². The number of anilines is 4. The third-order valence-corrected chi connectivity index (χ3v) is 7.74. The number of piperazine rings is 1. The summed E-state index contributed by atoms with van der Waals surface area (Å²) in [6.45, 7) is 7.52. The van der Waals surface area contributed by atoms with Gasteiger partial charge in [-0.15, -0.1) is 0 Å². The van der Waals surface area contributed by atoms with E-state index in [0.29, 0.717) is 24.4 Å². The first-order chi connectivity index (χ1) is 17.7. The van der Waals surface area contributed by atoms with E-state index < -0.39 is 10.0 Å². The van der Waals surface area contributed by atoms with Crippen molar-refractivity contribution < 1.29 is 8.42 Å². The second kappa shape index (κ2) is 9.98. The fourth-order valence-corrected chi connectivity index (χ4v) is 5.05. The van der Waals surface area contributed by atoms with E-state index in [1.807, 2.05) is 42.0 Å². The lowest BCUT2D eigenvalue weighted by Gasteiger charge is -2.33. The Hall–Kier alpha value is -3.70. The minimum Gasteiger partial charge on any atom is -0.369 e. The van der Waals surface area contributed by atoms with Crippen LogP contribution in [0.5, 0.6) is 0 Å². The molecule has 4 heterocycles. The Bertz CT molecular complexity index is 1520. The number of nitrogens with one attached hydrogen (secondary N) is 2. The molecule has 0 bridgehead atoms. The number of hydrogen-bond acceptors (Lipinski definition) is 8. The van der Waals surface area contributed by atoms with Crippen molar-refractivity contribution >= 4 is 44.2 Å². The second-order valence-corrected chi connectivity index (χ2v) is 11.6.